The molecule has 0 aromatic heterocycles. The highest BCUT2D eigenvalue weighted by Crippen LogP contribution is 2.75. The van der Waals surface area contributed by atoms with E-state index in [1.54, 1.807) is 29.2 Å². The van der Waals surface area contributed by atoms with Crippen molar-refractivity contribution >= 4 is 23.7 Å². The van der Waals surface area contributed by atoms with Crippen molar-refractivity contribution in [2.45, 2.75) is 86.5 Å². The largest absolute Gasteiger partial charge is 0.504 e. The molecule has 0 bridgehead atoms. The summed E-state index contributed by atoms with van der Waals surface area (Å²) in [5.74, 6) is -0.256. The van der Waals surface area contributed by atoms with Crippen LogP contribution in [0.15, 0.2) is 76.6 Å². The fraction of sp³-hybridized carbons (Fsp3) is 0.548. The van der Waals surface area contributed by atoms with E-state index in [-0.39, 0.29) is 50.8 Å². The lowest BCUT2D eigenvalue weighted by Gasteiger charge is -2.70. The predicted octanol–water partition coefficient (Wildman–Crippen LogP) is 8.14. The Balaban J connectivity index is 1.09. The maximum atomic E-state index is 14.4. The van der Waals surface area contributed by atoms with Crippen molar-refractivity contribution in [3.63, 3.8) is 0 Å². The normalized spacial score (nSPS) is 37.4. The number of allylic oxidation sites excluding steroid dienone is 7. The summed E-state index contributed by atoms with van der Waals surface area (Å²) in [6.45, 7) is 15.8. The molecule has 0 radical (unpaired) electrons. The first-order valence-corrected chi connectivity index (χ1v) is 18.2. The molecule has 1 N–H and O–H groups in total. The van der Waals surface area contributed by atoms with E-state index in [1.165, 1.54) is 23.8 Å². The van der Waals surface area contributed by atoms with Crippen molar-refractivity contribution in [3.8, 4) is 0 Å². The summed E-state index contributed by atoms with van der Waals surface area (Å²) < 4.78 is 13.3. The van der Waals surface area contributed by atoms with E-state index >= 15 is 0 Å². The molecule has 4 fully saturated rings. The number of benzene rings is 1. The van der Waals surface area contributed by atoms with Gasteiger partial charge in [0.15, 0.2) is 5.76 Å². The molecule has 0 unspecified atom stereocenters. The third-order valence-corrected chi connectivity index (χ3v) is 14.6. The molecule has 1 heterocycles. The molecule has 1 aliphatic heterocycles. The number of amides is 2. The van der Waals surface area contributed by atoms with Gasteiger partial charge in [-0.3, -0.25) is 14.4 Å². The van der Waals surface area contributed by atoms with E-state index in [4.69, 9.17) is 0 Å². The van der Waals surface area contributed by atoms with Gasteiger partial charge in [-0.15, -0.1) is 0 Å². The molecular weight excluding hydrogens is 615 g/mol. The van der Waals surface area contributed by atoms with Crippen LogP contribution in [0.4, 0.5) is 4.39 Å². The van der Waals surface area contributed by atoms with E-state index < -0.39 is 5.41 Å². The number of fused-ring (bicyclic) bond motifs is 7. The lowest BCUT2D eigenvalue weighted by atomic mass is 9.34. The number of nitrogens with zero attached hydrogens (tertiary/aromatic N) is 2. The third kappa shape index (κ3) is 5.04. The Hall–Kier alpha value is -3.74. The molecule has 260 valence electrons. The fourth-order valence-electron chi connectivity index (χ4n) is 11.0. The first kappa shape index (κ1) is 33.7. The van der Waals surface area contributed by atoms with Crippen LogP contribution in [0.2, 0.25) is 0 Å². The summed E-state index contributed by atoms with van der Waals surface area (Å²) in [5, 5.41) is 10.5. The molecular formula is C42H51FN2O4. The third-order valence-electron chi connectivity index (χ3n) is 14.6. The summed E-state index contributed by atoms with van der Waals surface area (Å²) in [7, 11) is 0. The highest BCUT2D eigenvalue weighted by molar-refractivity contribution is 6.06. The number of piperazine rings is 1. The SMILES string of the molecule is CC1=C(O)C(=O)C=C2C1=CC=C1[C@@]2(C)CC[C@@]2(C)[C@@H]3C[C@](C)(C(=O)N4CCN(C(=O)/C=C/c5ccc(F)cc5)CC4)CC[C@]3(C)CC[C@]12C. The first-order chi connectivity index (χ1) is 23.0. The van der Waals surface area contributed by atoms with Crippen LogP contribution in [0.1, 0.15) is 92.1 Å². The molecule has 5 aliphatic carbocycles. The monoisotopic (exact) mass is 666 g/mol. The van der Waals surface area contributed by atoms with Crippen molar-refractivity contribution in [2.75, 3.05) is 26.2 Å². The lowest BCUT2D eigenvalue weighted by Crippen LogP contribution is -2.63. The van der Waals surface area contributed by atoms with Crippen LogP contribution in [0.3, 0.4) is 0 Å². The lowest BCUT2D eigenvalue weighted by molar-refractivity contribution is -0.175. The van der Waals surface area contributed by atoms with Crippen LogP contribution in [0.5, 0.6) is 0 Å². The molecule has 3 saturated carbocycles. The Kier molecular flexibility index (Phi) is 7.85. The summed E-state index contributed by atoms with van der Waals surface area (Å²) in [5.41, 5.74) is 4.18. The maximum Gasteiger partial charge on any atom is 0.246 e. The van der Waals surface area contributed by atoms with Gasteiger partial charge in [-0.1, -0.05) is 64.5 Å². The molecule has 49 heavy (non-hydrogen) atoms. The molecule has 7 rings (SSSR count). The molecule has 1 aromatic carbocycles. The minimum Gasteiger partial charge on any atom is -0.504 e. The molecule has 1 aromatic rings. The Bertz CT molecular complexity index is 1780. The molecule has 7 heteroatoms. The predicted molar refractivity (Wildman–Crippen MR) is 190 cm³/mol. The van der Waals surface area contributed by atoms with Gasteiger partial charge in [0.1, 0.15) is 5.82 Å². The van der Waals surface area contributed by atoms with E-state index in [2.05, 4.69) is 46.8 Å². The van der Waals surface area contributed by atoms with Gasteiger partial charge < -0.3 is 14.9 Å². The van der Waals surface area contributed by atoms with Crippen molar-refractivity contribution in [2.24, 2.45) is 33.0 Å². The standard InChI is InChI=1S/C42H51FN2O4/c1-27-30-12-13-33-40(4,31(30)25-32(46)36(27)48)18-20-42(6)34-26-39(3,16-15-38(34,2)17-19-41(33,42)5)37(49)45-23-21-44(22-24-45)35(47)14-9-28-7-10-29(43)11-8-28/h7-14,25,34,48H,15-24,26H2,1-6H3/b14-9+/t34-,38-,39-,40+,41-,42+/m1/s1. The van der Waals surface area contributed by atoms with Crippen LogP contribution in [-0.2, 0) is 14.4 Å². The zero-order chi connectivity index (χ0) is 35.1. The Morgan fingerprint density at radius 2 is 1.53 bits per heavy atom. The fourth-order valence-corrected chi connectivity index (χ4v) is 11.0. The Labute approximate surface area is 290 Å². The maximum absolute atomic E-state index is 14.4. The second kappa shape index (κ2) is 11.4. The number of aliphatic hydroxyl groups is 1. The first-order valence-electron chi connectivity index (χ1n) is 18.2. The number of ketones is 1. The van der Waals surface area contributed by atoms with Gasteiger partial charge >= 0.3 is 0 Å². The number of halogens is 1. The van der Waals surface area contributed by atoms with Gasteiger partial charge in [0.25, 0.3) is 0 Å². The summed E-state index contributed by atoms with van der Waals surface area (Å²) in [4.78, 5) is 44.0. The second-order valence-corrected chi connectivity index (χ2v) is 17.1. The van der Waals surface area contributed by atoms with Crippen molar-refractivity contribution in [3.05, 3.63) is 88.0 Å². The van der Waals surface area contributed by atoms with Crippen LogP contribution in [0, 0.1) is 38.8 Å². The molecule has 6 nitrogen and oxygen atoms in total. The zero-order valence-electron chi connectivity index (χ0n) is 30.0. The summed E-state index contributed by atoms with van der Waals surface area (Å²) in [6.07, 6.45) is 16.3. The molecule has 1 saturated heterocycles. The van der Waals surface area contributed by atoms with Gasteiger partial charge in [-0.2, -0.15) is 0 Å². The van der Waals surface area contributed by atoms with Gasteiger partial charge in [-0.25, -0.2) is 4.39 Å². The van der Waals surface area contributed by atoms with Crippen molar-refractivity contribution in [1.82, 2.24) is 9.80 Å². The van der Waals surface area contributed by atoms with Gasteiger partial charge in [0.2, 0.25) is 17.6 Å². The minimum atomic E-state index is -0.466. The average molecular weight is 667 g/mol. The zero-order valence-corrected chi connectivity index (χ0v) is 30.0. The molecule has 2 amide bonds. The average Bonchev–Trinajstić information content (AvgIpc) is 3.09. The number of carbonyl (C=O) groups excluding carboxylic acids is 3. The van der Waals surface area contributed by atoms with E-state index in [1.807, 2.05) is 11.8 Å². The summed E-state index contributed by atoms with van der Waals surface area (Å²) in [6, 6.07) is 6.05. The van der Waals surface area contributed by atoms with Crippen LogP contribution >= 0.6 is 0 Å². The number of carbonyl (C=O) groups is 3. The van der Waals surface area contributed by atoms with E-state index in [0.29, 0.717) is 37.7 Å². The highest BCUT2D eigenvalue weighted by Gasteiger charge is 2.67. The second-order valence-electron chi connectivity index (χ2n) is 17.1. The van der Waals surface area contributed by atoms with Crippen molar-refractivity contribution < 1.29 is 23.9 Å². The highest BCUT2D eigenvalue weighted by atomic mass is 19.1. The topological polar surface area (TPSA) is 77.9 Å². The van der Waals surface area contributed by atoms with Gasteiger partial charge in [0.05, 0.1) is 0 Å². The van der Waals surface area contributed by atoms with E-state index in [0.717, 1.165) is 61.7 Å². The number of hydrogen-bond acceptors (Lipinski definition) is 4. The summed E-state index contributed by atoms with van der Waals surface area (Å²) >= 11 is 0. The van der Waals surface area contributed by atoms with Crippen molar-refractivity contribution in [1.29, 1.82) is 0 Å². The molecule has 0 spiro atoms. The minimum absolute atomic E-state index is 0.0210. The molecule has 6 atom stereocenters. The Morgan fingerprint density at radius 1 is 0.878 bits per heavy atom. The van der Waals surface area contributed by atoms with E-state index in [9.17, 15) is 23.9 Å². The quantitative estimate of drug-likeness (QED) is 0.331. The number of rotatable bonds is 3. The number of hydrogen-bond donors (Lipinski definition) is 1. The Morgan fingerprint density at radius 3 is 2.22 bits per heavy atom. The van der Waals surface area contributed by atoms with Crippen LogP contribution in [0.25, 0.3) is 6.08 Å². The molecule has 6 aliphatic rings. The number of aliphatic hydroxyl groups excluding tert-OH is 1. The van der Waals surface area contributed by atoms with Crippen LogP contribution < -0.4 is 0 Å². The van der Waals surface area contributed by atoms with Gasteiger partial charge in [-0.05, 0) is 115 Å². The van der Waals surface area contributed by atoms with Gasteiger partial charge in [0, 0.05) is 48.7 Å². The van der Waals surface area contributed by atoms with Crippen LogP contribution in [-0.4, -0.2) is 58.7 Å². The smallest absolute Gasteiger partial charge is 0.246 e.